The molecular formula is C20H22FN7O2. The second-order valence-electron chi connectivity index (χ2n) is 7.86. The van der Waals surface area contributed by atoms with Gasteiger partial charge in [0, 0.05) is 43.2 Å². The third-order valence-electron chi connectivity index (χ3n) is 6.06. The van der Waals surface area contributed by atoms with Crippen LogP contribution in [-0.4, -0.2) is 72.4 Å². The van der Waals surface area contributed by atoms with Crippen LogP contribution in [0.1, 0.15) is 12.8 Å². The quantitative estimate of drug-likeness (QED) is 0.585. The maximum Gasteiger partial charge on any atom is 0.245 e. The van der Waals surface area contributed by atoms with E-state index in [1.807, 2.05) is 6.07 Å². The number of phenolic OH excluding ortho intramolecular Hbond substituents is 1. The molecule has 0 aliphatic carbocycles. The highest BCUT2D eigenvalue weighted by Gasteiger charge is 2.48. The number of phenols is 1. The number of aliphatic hydroxyl groups is 1. The fourth-order valence-corrected chi connectivity index (χ4v) is 4.37. The summed E-state index contributed by atoms with van der Waals surface area (Å²) in [7, 11) is 1.74. The number of rotatable bonds is 4. The van der Waals surface area contributed by atoms with E-state index in [1.54, 1.807) is 47.4 Å². The highest BCUT2D eigenvalue weighted by Crippen LogP contribution is 2.33. The summed E-state index contributed by atoms with van der Waals surface area (Å²) < 4.78 is 16.6. The van der Waals surface area contributed by atoms with E-state index in [1.165, 1.54) is 6.20 Å². The van der Waals surface area contributed by atoms with Crippen LogP contribution in [0.3, 0.4) is 0 Å². The molecule has 2 saturated heterocycles. The Labute approximate surface area is 172 Å². The van der Waals surface area contributed by atoms with Crippen molar-refractivity contribution < 1.29 is 14.6 Å². The Bertz CT molecular complexity index is 1030. The maximum absolute atomic E-state index is 14.9. The number of alkyl halides is 1. The number of anilines is 1. The van der Waals surface area contributed by atoms with E-state index in [-0.39, 0.29) is 17.8 Å². The normalized spacial score (nSPS) is 27.9. The molecule has 2 aliphatic heterocycles. The molecule has 156 valence electrons. The summed E-state index contributed by atoms with van der Waals surface area (Å²) in [5.74, 6) is 0.350. The molecule has 30 heavy (non-hydrogen) atoms. The van der Waals surface area contributed by atoms with Gasteiger partial charge in [0.1, 0.15) is 17.6 Å². The molecule has 2 fully saturated rings. The number of nitrogens with zero attached hydrogens (tertiary/aromatic N) is 6. The lowest BCUT2D eigenvalue weighted by Gasteiger charge is -2.38. The minimum atomic E-state index is -1.13. The zero-order valence-corrected chi connectivity index (χ0v) is 16.3. The van der Waals surface area contributed by atoms with Gasteiger partial charge in [0.2, 0.25) is 5.95 Å². The Morgan fingerprint density at radius 1 is 1.23 bits per heavy atom. The van der Waals surface area contributed by atoms with E-state index in [9.17, 15) is 14.6 Å². The standard InChI is InChI=1S/C20H22FN7O2/c1-27(16-7-13-18(30)8-14(24-13)19(16)21)20-23-9-15(25-26-20)12-3-2-11(6-17(12)29)28-5-4-22-10-28/h2-6,9-10,13-14,16,18-19,24,29-30H,7-8H2,1H3/t13?,14?,16-,18-,19-/m1/s1. The molecule has 0 saturated carbocycles. The lowest BCUT2D eigenvalue weighted by Crippen LogP contribution is -2.56. The maximum atomic E-state index is 14.9. The van der Waals surface area contributed by atoms with Crippen molar-refractivity contribution in [1.29, 1.82) is 0 Å². The van der Waals surface area contributed by atoms with Gasteiger partial charge in [-0.15, -0.1) is 10.2 Å². The molecule has 2 bridgehead atoms. The monoisotopic (exact) mass is 411 g/mol. The summed E-state index contributed by atoms with van der Waals surface area (Å²) in [5, 5.41) is 32.0. The minimum absolute atomic E-state index is 0.0474. The number of benzene rings is 1. The van der Waals surface area contributed by atoms with Gasteiger partial charge in [0.15, 0.2) is 0 Å². The number of aromatic nitrogens is 5. The molecule has 0 radical (unpaired) electrons. The van der Waals surface area contributed by atoms with Crippen molar-refractivity contribution in [2.75, 3.05) is 11.9 Å². The molecular weight excluding hydrogens is 389 g/mol. The number of nitrogens with one attached hydrogen (secondary N) is 1. The van der Waals surface area contributed by atoms with Crippen molar-refractivity contribution in [2.45, 2.75) is 43.2 Å². The van der Waals surface area contributed by atoms with Crippen LogP contribution in [0.5, 0.6) is 5.75 Å². The van der Waals surface area contributed by atoms with Crippen LogP contribution in [0, 0.1) is 0 Å². The van der Waals surface area contributed by atoms with Crippen molar-refractivity contribution in [3.63, 3.8) is 0 Å². The molecule has 5 rings (SSSR count). The Balaban J connectivity index is 1.36. The number of fused-ring (bicyclic) bond motifs is 2. The second-order valence-corrected chi connectivity index (χ2v) is 7.86. The van der Waals surface area contributed by atoms with Gasteiger partial charge in [0.25, 0.3) is 0 Å². The molecule has 9 nitrogen and oxygen atoms in total. The Hall–Kier alpha value is -3.11. The SMILES string of the molecule is CN(c1ncc(-c2ccc(-n3ccnc3)cc2O)nn1)[C@@H]1CC2NC(C[C@H]2O)[C@H]1F. The van der Waals surface area contributed by atoms with Crippen LogP contribution in [0.15, 0.2) is 43.1 Å². The summed E-state index contributed by atoms with van der Waals surface area (Å²) in [6.07, 6.45) is 5.83. The van der Waals surface area contributed by atoms with Crippen LogP contribution in [-0.2, 0) is 0 Å². The van der Waals surface area contributed by atoms with Crippen LogP contribution >= 0.6 is 0 Å². The first kappa shape index (κ1) is 18.9. The number of piperidine rings is 1. The molecule has 2 aromatic heterocycles. The van der Waals surface area contributed by atoms with Gasteiger partial charge in [-0.2, -0.15) is 0 Å². The predicted molar refractivity (Wildman–Crippen MR) is 107 cm³/mol. The third kappa shape index (κ3) is 3.17. The average molecular weight is 411 g/mol. The van der Waals surface area contributed by atoms with Crippen molar-refractivity contribution >= 4 is 5.95 Å². The lowest BCUT2D eigenvalue weighted by molar-refractivity contribution is 0.143. The summed E-state index contributed by atoms with van der Waals surface area (Å²) >= 11 is 0. The lowest BCUT2D eigenvalue weighted by atomic mass is 9.96. The van der Waals surface area contributed by atoms with E-state index in [2.05, 4.69) is 25.5 Å². The average Bonchev–Trinajstić information content (AvgIpc) is 3.39. The van der Waals surface area contributed by atoms with Crippen LogP contribution in [0.2, 0.25) is 0 Å². The Morgan fingerprint density at radius 2 is 2.10 bits per heavy atom. The van der Waals surface area contributed by atoms with Gasteiger partial charge in [-0.3, -0.25) is 0 Å². The van der Waals surface area contributed by atoms with Crippen LogP contribution in [0.25, 0.3) is 16.9 Å². The predicted octanol–water partition coefficient (Wildman–Crippen LogP) is 1.07. The van der Waals surface area contributed by atoms with Crippen molar-refractivity contribution in [3.05, 3.63) is 43.1 Å². The molecule has 4 heterocycles. The fraction of sp³-hybridized carbons (Fsp3) is 0.400. The van der Waals surface area contributed by atoms with E-state index in [0.29, 0.717) is 30.0 Å². The molecule has 3 aromatic rings. The third-order valence-corrected chi connectivity index (χ3v) is 6.06. The van der Waals surface area contributed by atoms with Crippen molar-refractivity contribution in [1.82, 2.24) is 30.0 Å². The van der Waals surface area contributed by atoms with E-state index < -0.39 is 18.3 Å². The number of halogens is 1. The molecule has 10 heteroatoms. The number of aliphatic hydroxyl groups excluding tert-OH is 1. The van der Waals surface area contributed by atoms with Gasteiger partial charge in [-0.25, -0.2) is 14.4 Å². The summed E-state index contributed by atoms with van der Waals surface area (Å²) in [5.41, 5.74) is 1.68. The fourth-order valence-electron chi connectivity index (χ4n) is 4.37. The number of hydrogen-bond donors (Lipinski definition) is 3. The first-order valence-corrected chi connectivity index (χ1v) is 9.83. The van der Waals surface area contributed by atoms with Crippen molar-refractivity contribution in [3.8, 4) is 22.7 Å². The molecule has 5 atom stereocenters. The summed E-state index contributed by atoms with van der Waals surface area (Å²) in [4.78, 5) is 10.0. The van der Waals surface area contributed by atoms with Gasteiger partial charge in [-0.05, 0) is 25.0 Å². The molecule has 2 unspecified atom stereocenters. The second kappa shape index (κ2) is 7.29. The highest BCUT2D eigenvalue weighted by atomic mass is 19.1. The number of imidazole rings is 1. The minimum Gasteiger partial charge on any atom is -0.507 e. The van der Waals surface area contributed by atoms with Gasteiger partial charge < -0.3 is 25.0 Å². The van der Waals surface area contributed by atoms with Gasteiger partial charge in [0.05, 0.1) is 30.4 Å². The Morgan fingerprint density at radius 3 is 2.80 bits per heavy atom. The summed E-state index contributed by atoms with van der Waals surface area (Å²) in [6.45, 7) is 0. The number of aromatic hydroxyl groups is 1. The van der Waals surface area contributed by atoms with E-state index >= 15 is 0 Å². The first-order chi connectivity index (χ1) is 14.5. The summed E-state index contributed by atoms with van der Waals surface area (Å²) in [6, 6.07) is 4.28. The molecule has 1 aromatic carbocycles. The Kier molecular flexibility index (Phi) is 4.59. The first-order valence-electron chi connectivity index (χ1n) is 9.83. The highest BCUT2D eigenvalue weighted by molar-refractivity contribution is 5.68. The zero-order chi connectivity index (χ0) is 20.8. The molecule has 0 spiro atoms. The van der Waals surface area contributed by atoms with Gasteiger partial charge in [-0.1, -0.05) is 0 Å². The van der Waals surface area contributed by atoms with Crippen LogP contribution in [0.4, 0.5) is 10.3 Å². The molecule has 2 aliphatic rings. The molecule has 0 amide bonds. The van der Waals surface area contributed by atoms with Gasteiger partial charge >= 0.3 is 0 Å². The zero-order valence-electron chi connectivity index (χ0n) is 16.3. The smallest absolute Gasteiger partial charge is 0.245 e. The van der Waals surface area contributed by atoms with Crippen LogP contribution < -0.4 is 10.2 Å². The molecule has 3 N–H and O–H groups in total. The largest absolute Gasteiger partial charge is 0.507 e. The van der Waals surface area contributed by atoms with E-state index in [4.69, 9.17) is 0 Å². The topological polar surface area (TPSA) is 112 Å². The van der Waals surface area contributed by atoms with E-state index in [0.717, 1.165) is 5.69 Å². The number of hydrogen-bond acceptors (Lipinski definition) is 8. The van der Waals surface area contributed by atoms with Crippen molar-refractivity contribution in [2.24, 2.45) is 0 Å².